The van der Waals surface area contributed by atoms with Crippen LogP contribution in [0, 0.1) is 0 Å². The van der Waals surface area contributed by atoms with Crippen LogP contribution in [0.1, 0.15) is 6.92 Å². The molecule has 0 heterocycles. The van der Waals surface area contributed by atoms with Crippen LogP contribution >= 0.6 is 0 Å². The molecule has 2 nitrogen and oxygen atoms in total. The van der Waals surface area contributed by atoms with Gasteiger partial charge in [-0.3, -0.25) is 0 Å². The topological polar surface area (TPSA) is 24.4 Å². The molecule has 3 heteroatoms. The van der Waals surface area contributed by atoms with Crippen LogP contribution in [0.2, 0.25) is 0 Å². The first-order chi connectivity index (χ1) is 4.35. The number of nitrogens with zero attached hydrogens (tertiary/aromatic N) is 1. The van der Waals surface area contributed by atoms with Gasteiger partial charge in [-0.25, -0.2) is 0 Å². The molecule has 1 N–H and O–H groups in total. The van der Waals surface area contributed by atoms with Gasteiger partial charge in [0.05, 0.1) is 0 Å². The predicted octanol–water partition coefficient (Wildman–Crippen LogP) is 0.487. The Balaban J connectivity index is 3.71. The molecule has 0 aromatic carbocycles. The van der Waals surface area contributed by atoms with Crippen LogP contribution in [-0.2, 0) is 19.4 Å². The van der Waals surface area contributed by atoms with Crippen molar-refractivity contribution in [1.29, 1.82) is 0 Å². The average Bonchev–Trinajstić information content (AvgIpc) is 1.91. The van der Waals surface area contributed by atoms with Gasteiger partial charge in [0.25, 0.3) is 0 Å². The molecule has 0 fully saturated rings. The van der Waals surface area contributed by atoms with Crippen LogP contribution in [0.3, 0.4) is 0 Å². The summed E-state index contributed by atoms with van der Waals surface area (Å²) in [6.45, 7) is 1.96. The summed E-state index contributed by atoms with van der Waals surface area (Å²) in [5.41, 5.74) is 0. The summed E-state index contributed by atoms with van der Waals surface area (Å²) >= 11 is 1.41. The molecule has 0 radical (unpaired) electrons. The molecule has 0 aromatic rings. The zero-order valence-electron chi connectivity index (χ0n) is 5.59. The normalized spacial score (nSPS) is 12.0. The molecule has 0 aliphatic carbocycles. The molecule has 0 aliphatic rings. The fraction of sp³-hybridized carbons (Fsp3) is 0.333. The first-order valence-corrected chi connectivity index (χ1v) is 4.34. The summed E-state index contributed by atoms with van der Waals surface area (Å²) in [5.74, 6) is 0.933. The van der Waals surface area contributed by atoms with E-state index in [1.165, 1.54) is 19.4 Å². The van der Waals surface area contributed by atoms with Gasteiger partial charge in [0, 0.05) is 0 Å². The molecule has 0 bridgehead atoms. The van der Waals surface area contributed by atoms with E-state index in [4.69, 9.17) is 0 Å². The Morgan fingerprint density at radius 3 is 2.67 bits per heavy atom. The van der Waals surface area contributed by atoms with Crippen LogP contribution in [0.15, 0.2) is 17.3 Å². The molecule has 0 aliphatic heterocycles. The van der Waals surface area contributed by atoms with Gasteiger partial charge in [-0.2, -0.15) is 0 Å². The summed E-state index contributed by atoms with van der Waals surface area (Å²) in [5, 5.41) is 3.00. The molecular weight excluding hydrogens is 284 g/mol. The van der Waals surface area contributed by atoms with E-state index in [9.17, 15) is 0 Å². The van der Waals surface area contributed by atoms with Crippen molar-refractivity contribution in [3.05, 3.63) is 12.3 Å². The van der Waals surface area contributed by atoms with Gasteiger partial charge in [-0.1, -0.05) is 0 Å². The van der Waals surface area contributed by atoms with Crippen LogP contribution in [0.25, 0.3) is 0 Å². The standard InChI is InChI=1S/C6H10N2.W/c1-4-5-8-6(2)7-3;/h2,4-5H,1,3H3,(H,7,8);. The Bertz CT molecular complexity index is 138. The fourth-order valence-corrected chi connectivity index (χ4v) is 0.943. The number of aliphatic imine (C=N–C) groups is 1. The molecule has 0 aromatic heterocycles. The molecular formula is C6H10N2W. The van der Waals surface area contributed by atoms with E-state index in [1.54, 1.807) is 7.05 Å². The van der Waals surface area contributed by atoms with E-state index < -0.39 is 0 Å². The van der Waals surface area contributed by atoms with Crippen molar-refractivity contribution in [2.45, 2.75) is 6.92 Å². The van der Waals surface area contributed by atoms with Crippen LogP contribution in [0.4, 0.5) is 0 Å². The monoisotopic (exact) mass is 294 g/mol. The van der Waals surface area contributed by atoms with Gasteiger partial charge >= 0.3 is 66.1 Å². The van der Waals surface area contributed by atoms with Crippen LogP contribution < -0.4 is 5.32 Å². The molecule has 0 saturated carbocycles. The van der Waals surface area contributed by atoms with E-state index in [0.29, 0.717) is 0 Å². The van der Waals surface area contributed by atoms with Crippen molar-refractivity contribution >= 4 is 10.2 Å². The number of amidine groups is 1. The van der Waals surface area contributed by atoms with Crippen molar-refractivity contribution in [1.82, 2.24) is 5.32 Å². The molecule has 0 unspecified atom stereocenters. The van der Waals surface area contributed by atoms with Gasteiger partial charge in [0.2, 0.25) is 0 Å². The Kier molecular flexibility index (Phi) is 5.75. The van der Waals surface area contributed by atoms with Crippen molar-refractivity contribution in [3.8, 4) is 0 Å². The first-order valence-electron chi connectivity index (χ1n) is 2.64. The second kappa shape index (κ2) is 5.90. The minimum atomic E-state index is 0.933. The molecule has 0 spiro atoms. The number of rotatable bonds is 2. The molecule has 9 heavy (non-hydrogen) atoms. The fourth-order valence-electron chi connectivity index (χ4n) is 0.320. The molecule has 0 saturated heterocycles. The Hall–Kier alpha value is -0.232. The minimum absolute atomic E-state index is 0.933. The van der Waals surface area contributed by atoms with Crippen molar-refractivity contribution in [2.75, 3.05) is 7.05 Å². The third-order valence-electron chi connectivity index (χ3n) is 0.750. The van der Waals surface area contributed by atoms with E-state index in [-0.39, 0.29) is 0 Å². The molecule has 0 rings (SSSR count). The van der Waals surface area contributed by atoms with Crippen molar-refractivity contribution in [2.24, 2.45) is 4.99 Å². The second-order valence-electron chi connectivity index (χ2n) is 1.37. The predicted molar refractivity (Wildman–Crippen MR) is 37.4 cm³/mol. The van der Waals surface area contributed by atoms with Crippen molar-refractivity contribution < 1.29 is 19.4 Å². The molecule has 0 amide bonds. The van der Waals surface area contributed by atoms with Gasteiger partial charge in [0.1, 0.15) is 0 Å². The van der Waals surface area contributed by atoms with E-state index >= 15 is 0 Å². The number of hydrogen-bond acceptors (Lipinski definition) is 1. The van der Waals surface area contributed by atoms with Crippen LogP contribution in [0.5, 0.6) is 0 Å². The van der Waals surface area contributed by atoms with Gasteiger partial charge < -0.3 is 0 Å². The summed E-state index contributed by atoms with van der Waals surface area (Å²) in [6, 6.07) is 0. The SMILES string of the molecule is CC=CNC([CH]=[W])=NC. The second-order valence-corrected chi connectivity index (χ2v) is 2.22. The maximum atomic E-state index is 3.96. The first kappa shape index (κ1) is 8.77. The molecule has 50 valence electrons. The van der Waals surface area contributed by atoms with Crippen molar-refractivity contribution in [3.63, 3.8) is 0 Å². The zero-order chi connectivity index (χ0) is 7.11. The average molecular weight is 294 g/mol. The number of hydrogen-bond donors (Lipinski definition) is 1. The van der Waals surface area contributed by atoms with E-state index in [0.717, 1.165) is 5.84 Å². The Labute approximate surface area is 66.5 Å². The van der Waals surface area contributed by atoms with E-state index in [2.05, 4.69) is 10.3 Å². The summed E-state index contributed by atoms with van der Waals surface area (Å²) in [4.78, 5) is 3.96. The number of nitrogens with one attached hydrogen (secondary N) is 1. The van der Waals surface area contributed by atoms with E-state index in [1.807, 2.05) is 23.6 Å². The third kappa shape index (κ3) is 4.28. The quantitative estimate of drug-likeness (QED) is 0.582. The van der Waals surface area contributed by atoms with Gasteiger partial charge in [-0.15, -0.1) is 0 Å². The Morgan fingerprint density at radius 1 is 1.67 bits per heavy atom. The molecule has 0 atom stereocenters. The Morgan fingerprint density at radius 2 is 2.33 bits per heavy atom. The number of allylic oxidation sites excluding steroid dienone is 1. The third-order valence-corrected chi connectivity index (χ3v) is 1.55. The summed E-state index contributed by atoms with van der Waals surface area (Å²) in [6.07, 6.45) is 3.80. The van der Waals surface area contributed by atoms with Gasteiger partial charge in [-0.05, 0) is 0 Å². The van der Waals surface area contributed by atoms with Crippen LogP contribution in [-0.4, -0.2) is 17.3 Å². The van der Waals surface area contributed by atoms with Gasteiger partial charge in [0.15, 0.2) is 0 Å². The summed E-state index contributed by atoms with van der Waals surface area (Å²) < 4.78 is 2.00. The zero-order valence-corrected chi connectivity index (χ0v) is 8.52. The maximum absolute atomic E-state index is 3.96. The summed E-state index contributed by atoms with van der Waals surface area (Å²) in [7, 11) is 1.77.